The van der Waals surface area contributed by atoms with E-state index in [1.54, 1.807) is 29.5 Å². The average molecular weight is 462 g/mol. The minimum atomic E-state index is -4.40. The Morgan fingerprint density at radius 3 is 2.53 bits per heavy atom. The molecule has 0 spiro atoms. The molecule has 0 unspecified atom stereocenters. The van der Waals surface area contributed by atoms with Gasteiger partial charge in [0.1, 0.15) is 17.8 Å². The molecule has 3 aromatic heterocycles. The van der Waals surface area contributed by atoms with Gasteiger partial charge in [-0.2, -0.15) is 18.2 Å². The van der Waals surface area contributed by atoms with Crippen molar-refractivity contribution < 1.29 is 13.2 Å². The predicted octanol–water partition coefficient (Wildman–Crippen LogP) is 4.65. The number of hydrogen-bond donors (Lipinski definition) is 0. The number of allylic oxidation sites excluding steroid dienone is 3. The Morgan fingerprint density at radius 1 is 1.06 bits per heavy atom. The molecule has 1 atom stereocenters. The highest BCUT2D eigenvalue weighted by Crippen LogP contribution is 2.42. The van der Waals surface area contributed by atoms with E-state index in [0.29, 0.717) is 23.2 Å². The van der Waals surface area contributed by atoms with E-state index in [1.807, 2.05) is 22.8 Å². The number of halogens is 3. The van der Waals surface area contributed by atoms with E-state index in [4.69, 9.17) is 4.98 Å². The third-order valence-electron chi connectivity index (χ3n) is 5.93. The first-order valence-corrected chi connectivity index (χ1v) is 10.6. The van der Waals surface area contributed by atoms with Crippen LogP contribution in [0, 0.1) is 0 Å². The van der Waals surface area contributed by atoms with Gasteiger partial charge in [0.25, 0.3) is 0 Å². The van der Waals surface area contributed by atoms with E-state index in [1.165, 1.54) is 12.1 Å². The van der Waals surface area contributed by atoms with Crippen LogP contribution in [0.5, 0.6) is 0 Å². The summed E-state index contributed by atoms with van der Waals surface area (Å²) in [6, 6.07) is 4.81. The number of hydrogen-bond acceptors (Lipinski definition) is 6. The summed E-state index contributed by atoms with van der Waals surface area (Å²) < 4.78 is 42.5. The van der Waals surface area contributed by atoms with Gasteiger partial charge in [-0.25, -0.2) is 9.97 Å². The van der Waals surface area contributed by atoms with Gasteiger partial charge in [-0.1, -0.05) is 25.1 Å². The molecule has 8 nitrogen and oxygen atoms in total. The Labute approximate surface area is 191 Å². The first-order chi connectivity index (χ1) is 16.5. The van der Waals surface area contributed by atoms with Crippen molar-refractivity contribution in [1.82, 2.24) is 34.3 Å². The monoisotopic (exact) mass is 462 g/mol. The fourth-order valence-electron chi connectivity index (χ4n) is 4.24. The highest BCUT2D eigenvalue weighted by Gasteiger charge is 2.36. The summed E-state index contributed by atoms with van der Waals surface area (Å²) >= 11 is 0. The van der Waals surface area contributed by atoms with Crippen molar-refractivity contribution in [3.63, 3.8) is 0 Å². The number of rotatable bonds is 4. The van der Waals surface area contributed by atoms with Crippen molar-refractivity contribution in [2.24, 2.45) is 0 Å². The van der Waals surface area contributed by atoms with Gasteiger partial charge in [0, 0.05) is 23.7 Å². The molecule has 1 aromatic carbocycles. The Morgan fingerprint density at radius 2 is 1.85 bits per heavy atom. The molecule has 2 aliphatic rings. The van der Waals surface area contributed by atoms with Crippen LogP contribution in [0.3, 0.4) is 0 Å². The molecule has 0 bridgehead atoms. The predicted molar refractivity (Wildman–Crippen MR) is 117 cm³/mol. The van der Waals surface area contributed by atoms with Gasteiger partial charge in [-0.3, -0.25) is 9.13 Å². The normalized spacial score (nSPS) is 16.6. The van der Waals surface area contributed by atoms with Crippen molar-refractivity contribution in [2.75, 3.05) is 4.90 Å². The van der Waals surface area contributed by atoms with Gasteiger partial charge < -0.3 is 4.90 Å². The van der Waals surface area contributed by atoms with Gasteiger partial charge in [-0.15, -0.1) is 10.2 Å². The number of alkyl halides is 3. The van der Waals surface area contributed by atoms with Crippen LogP contribution in [-0.4, -0.2) is 34.3 Å². The smallest absolute Gasteiger partial charge is 0.314 e. The SMILES string of the molecule is CC[C@@H]1c2nncn2-c2cnc(-n3ccnc3-c3ccc(C(F)(F)F)cc3)nc2N1C1=CC=C1. The lowest BCUT2D eigenvalue weighted by Crippen LogP contribution is -2.35. The van der Waals surface area contributed by atoms with Gasteiger partial charge in [0.2, 0.25) is 5.95 Å². The van der Waals surface area contributed by atoms with Crippen molar-refractivity contribution >= 4 is 5.82 Å². The van der Waals surface area contributed by atoms with Gasteiger partial charge in [0.05, 0.1) is 17.8 Å². The molecule has 170 valence electrons. The molecule has 11 heteroatoms. The molecule has 4 heterocycles. The lowest BCUT2D eigenvalue weighted by atomic mass is 10.1. The molecule has 4 aromatic rings. The van der Waals surface area contributed by atoms with Crippen LogP contribution in [-0.2, 0) is 6.18 Å². The molecule has 0 saturated heterocycles. The lowest BCUT2D eigenvalue weighted by Gasteiger charge is -2.38. The fourth-order valence-corrected chi connectivity index (χ4v) is 4.24. The van der Waals surface area contributed by atoms with Crippen LogP contribution in [0.4, 0.5) is 19.0 Å². The second-order valence-electron chi connectivity index (χ2n) is 7.88. The van der Waals surface area contributed by atoms with Crippen LogP contribution in [0.2, 0.25) is 0 Å². The third kappa shape index (κ3) is 3.04. The van der Waals surface area contributed by atoms with Crippen LogP contribution in [0.15, 0.2) is 73.1 Å². The molecule has 0 radical (unpaired) electrons. The van der Waals surface area contributed by atoms with E-state index in [0.717, 1.165) is 35.8 Å². The first kappa shape index (κ1) is 20.3. The number of anilines is 1. The standard InChI is InChI=1S/C23H17F3N8/c1-2-17-21-31-29-13-33(21)18-12-28-22(30-20(18)34(17)16-4-3-5-16)32-11-10-27-19(32)14-6-8-15(9-7-14)23(24,25)26/h3-13,17H,2H2,1H3/t17-/m1/s1. The Hall–Kier alpha value is -4.28. The molecule has 34 heavy (non-hydrogen) atoms. The maximum absolute atomic E-state index is 13.0. The van der Waals surface area contributed by atoms with Crippen molar-refractivity contribution in [3.05, 3.63) is 84.5 Å². The molecule has 0 amide bonds. The fraction of sp³-hybridized carbons (Fsp3) is 0.174. The largest absolute Gasteiger partial charge is 0.416 e. The van der Waals surface area contributed by atoms with E-state index >= 15 is 0 Å². The summed E-state index contributed by atoms with van der Waals surface area (Å²) in [7, 11) is 0. The topological polar surface area (TPSA) is 77.5 Å². The highest BCUT2D eigenvalue weighted by molar-refractivity contribution is 5.68. The summed E-state index contributed by atoms with van der Waals surface area (Å²) in [6.07, 6.45) is 8.95. The van der Waals surface area contributed by atoms with Gasteiger partial charge >= 0.3 is 6.18 Å². The number of benzene rings is 1. The van der Waals surface area contributed by atoms with Crippen molar-refractivity contribution in [1.29, 1.82) is 0 Å². The Bertz CT molecular complexity index is 1450. The number of fused-ring (bicyclic) bond motifs is 3. The molecule has 0 N–H and O–H groups in total. The summed E-state index contributed by atoms with van der Waals surface area (Å²) in [5, 5.41) is 8.41. The number of nitrogens with zero attached hydrogens (tertiary/aromatic N) is 8. The van der Waals surface area contributed by atoms with Gasteiger partial charge in [0.15, 0.2) is 11.6 Å². The summed E-state index contributed by atoms with van der Waals surface area (Å²) in [5.41, 5.74) is 1.55. The van der Waals surface area contributed by atoms with E-state index in [9.17, 15) is 13.2 Å². The highest BCUT2D eigenvalue weighted by atomic mass is 19.4. The van der Waals surface area contributed by atoms with Crippen LogP contribution >= 0.6 is 0 Å². The van der Waals surface area contributed by atoms with Gasteiger partial charge in [-0.05, 0) is 30.7 Å². The molecule has 1 aliphatic carbocycles. The maximum atomic E-state index is 13.0. The van der Waals surface area contributed by atoms with E-state index in [-0.39, 0.29) is 6.04 Å². The van der Waals surface area contributed by atoms with Crippen LogP contribution < -0.4 is 4.90 Å². The van der Waals surface area contributed by atoms with E-state index < -0.39 is 11.7 Å². The van der Waals surface area contributed by atoms with Crippen molar-refractivity contribution in [3.8, 4) is 23.0 Å². The molecular weight excluding hydrogens is 445 g/mol. The molecular formula is C23H17F3N8. The van der Waals surface area contributed by atoms with Crippen molar-refractivity contribution in [2.45, 2.75) is 25.6 Å². The quantitative estimate of drug-likeness (QED) is 0.439. The summed E-state index contributed by atoms with van der Waals surface area (Å²) in [5.74, 6) is 2.29. The average Bonchev–Trinajstić information content (AvgIpc) is 3.47. The minimum Gasteiger partial charge on any atom is -0.314 e. The molecule has 6 rings (SSSR count). The maximum Gasteiger partial charge on any atom is 0.416 e. The second-order valence-corrected chi connectivity index (χ2v) is 7.88. The van der Waals surface area contributed by atoms with Crippen LogP contribution in [0.1, 0.15) is 30.8 Å². The zero-order valence-corrected chi connectivity index (χ0v) is 17.8. The summed E-state index contributed by atoms with van der Waals surface area (Å²) in [4.78, 5) is 15.9. The lowest BCUT2D eigenvalue weighted by molar-refractivity contribution is -0.137. The van der Waals surface area contributed by atoms with Crippen LogP contribution in [0.25, 0.3) is 23.0 Å². The van der Waals surface area contributed by atoms with E-state index in [2.05, 4.69) is 32.0 Å². The molecule has 0 fully saturated rings. The zero-order valence-electron chi connectivity index (χ0n) is 17.8. The summed E-state index contributed by atoms with van der Waals surface area (Å²) in [6.45, 7) is 2.07. The number of imidazole rings is 1. The Balaban J connectivity index is 1.46. The second kappa shape index (κ2) is 7.37. The Kier molecular flexibility index (Phi) is 4.41. The first-order valence-electron chi connectivity index (χ1n) is 10.6. The molecule has 0 saturated carbocycles. The minimum absolute atomic E-state index is 0.0638. The third-order valence-corrected chi connectivity index (χ3v) is 5.93. The zero-order chi connectivity index (χ0) is 23.4. The number of aromatic nitrogens is 7. The molecule has 1 aliphatic heterocycles.